The molecular formula is C61H107NO18. The van der Waals surface area contributed by atoms with Gasteiger partial charge in [0.2, 0.25) is 5.91 Å². The van der Waals surface area contributed by atoms with Crippen molar-refractivity contribution < 1.29 is 89.4 Å². The number of hydrogen-bond donors (Lipinski definition) is 12. The molecule has 0 spiro atoms. The van der Waals surface area contributed by atoms with E-state index in [0.717, 1.165) is 77.0 Å². The lowest BCUT2D eigenvalue weighted by atomic mass is 9.96. The number of allylic oxidation sites excluding steroid dienone is 9. The summed E-state index contributed by atoms with van der Waals surface area (Å²) < 4.78 is 34.2. The van der Waals surface area contributed by atoms with Gasteiger partial charge in [-0.3, -0.25) is 4.79 Å². The van der Waals surface area contributed by atoms with Crippen LogP contribution < -0.4 is 5.32 Å². The molecule has 12 N–H and O–H groups in total. The van der Waals surface area contributed by atoms with Crippen molar-refractivity contribution in [1.29, 1.82) is 0 Å². The second-order valence-corrected chi connectivity index (χ2v) is 21.8. The molecule has 0 aliphatic carbocycles. The average molecular weight is 1140 g/mol. The van der Waals surface area contributed by atoms with Crippen molar-refractivity contribution in [1.82, 2.24) is 5.32 Å². The molecule has 3 rings (SSSR count). The highest BCUT2D eigenvalue weighted by Gasteiger charge is 2.53. The van der Waals surface area contributed by atoms with Crippen LogP contribution in [0.25, 0.3) is 0 Å². The molecule has 3 heterocycles. The summed E-state index contributed by atoms with van der Waals surface area (Å²) in [5.41, 5.74) is 0. The summed E-state index contributed by atoms with van der Waals surface area (Å²) in [6.07, 6.45) is 23.4. The van der Waals surface area contributed by atoms with E-state index in [1.54, 1.807) is 6.08 Å². The van der Waals surface area contributed by atoms with Gasteiger partial charge in [-0.2, -0.15) is 0 Å². The van der Waals surface area contributed by atoms with Crippen LogP contribution in [-0.4, -0.2) is 193 Å². The predicted octanol–water partition coefficient (Wildman–Crippen LogP) is 5.65. The highest BCUT2D eigenvalue weighted by Crippen LogP contribution is 2.33. The van der Waals surface area contributed by atoms with Gasteiger partial charge in [-0.25, -0.2) is 0 Å². The minimum absolute atomic E-state index is 0.218. The lowest BCUT2D eigenvalue weighted by molar-refractivity contribution is -0.379. The lowest BCUT2D eigenvalue weighted by Gasteiger charge is -2.48. The van der Waals surface area contributed by atoms with Crippen LogP contribution in [0.2, 0.25) is 0 Å². The van der Waals surface area contributed by atoms with E-state index < -0.39 is 124 Å². The second kappa shape index (κ2) is 44.0. The quantitative estimate of drug-likeness (QED) is 0.0259. The Hall–Kier alpha value is -2.51. The third-order valence-corrected chi connectivity index (χ3v) is 15.0. The number of carbonyl (C=O) groups excluding carboxylic acids is 1. The molecule has 3 aliphatic heterocycles. The van der Waals surface area contributed by atoms with Gasteiger partial charge in [-0.1, -0.05) is 171 Å². The number of hydrogen-bond acceptors (Lipinski definition) is 18. The molecule has 17 unspecified atom stereocenters. The van der Waals surface area contributed by atoms with Crippen molar-refractivity contribution in [3.8, 4) is 0 Å². The van der Waals surface area contributed by atoms with E-state index in [4.69, 9.17) is 28.4 Å². The Morgan fingerprint density at radius 1 is 0.450 bits per heavy atom. The van der Waals surface area contributed by atoms with Gasteiger partial charge in [0.25, 0.3) is 0 Å². The van der Waals surface area contributed by atoms with E-state index in [2.05, 4.69) is 67.8 Å². The maximum Gasteiger partial charge on any atom is 0.220 e. The van der Waals surface area contributed by atoms with Crippen molar-refractivity contribution in [3.63, 3.8) is 0 Å². The molecule has 17 atom stereocenters. The predicted molar refractivity (Wildman–Crippen MR) is 305 cm³/mol. The minimum atomic E-state index is -1.98. The van der Waals surface area contributed by atoms with Gasteiger partial charge < -0.3 is 89.9 Å². The zero-order valence-electron chi connectivity index (χ0n) is 48.3. The molecule has 464 valence electrons. The van der Waals surface area contributed by atoms with E-state index in [-0.39, 0.29) is 18.9 Å². The van der Waals surface area contributed by atoms with Gasteiger partial charge in [0.15, 0.2) is 18.9 Å². The van der Waals surface area contributed by atoms with Crippen LogP contribution in [0.3, 0.4) is 0 Å². The maximum atomic E-state index is 13.3. The molecule has 0 aromatic rings. The van der Waals surface area contributed by atoms with Crippen LogP contribution in [0.1, 0.15) is 187 Å². The molecule has 0 aromatic heterocycles. The lowest BCUT2D eigenvalue weighted by Crippen LogP contribution is -2.66. The van der Waals surface area contributed by atoms with Gasteiger partial charge in [-0.15, -0.1) is 0 Å². The van der Waals surface area contributed by atoms with Gasteiger partial charge in [-0.05, 0) is 70.6 Å². The highest BCUT2D eigenvalue weighted by molar-refractivity contribution is 5.76. The Balaban J connectivity index is 1.52. The van der Waals surface area contributed by atoms with Crippen molar-refractivity contribution in [2.24, 2.45) is 0 Å². The highest BCUT2D eigenvalue weighted by atomic mass is 16.8. The number of carbonyl (C=O) groups is 1. The number of unbranched alkanes of at least 4 members (excludes halogenated alkanes) is 20. The number of amides is 1. The fourth-order valence-corrected chi connectivity index (χ4v) is 9.98. The number of aliphatic hydroxyl groups is 11. The Labute approximate surface area is 477 Å². The Morgan fingerprint density at radius 3 is 1.36 bits per heavy atom. The summed E-state index contributed by atoms with van der Waals surface area (Å²) in [6, 6.07) is -0.998. The van der Waals surface area contributed by atoms with Crippen LogP contribution >= 0.6 is 0 Å². The van der Waals surface area contributed by atoms with Gasteiger partial charge in [0.05, 0.1) is 38.6 Å². The van der Waals surface area contributed by atoms with Crippen LogP contribution in [0, 0.1) is 0 Å². The van der Waals surface area contributed by atoms with Crippen LogP contribution in [0.4, 0.5) is 0 Å². The zero-order chi connectivity index (χ0) is 58.3. The Kier molecular flexibility index (Phi) is 39.5. The molecule has 19 heteroatoms. The van der Waals surface area contributed by atoms with Crippen molar-refractivity contribution >= 4 is 5.91 Å². The molecular weight excluding hydrogens is 1030 g/mol. The molecule has 3 aliphatic rings. The summed E-state index contributed by atoms with van der Waals surface area (Å²) >= 11 is 0. The molecule has 3 saturated heterocycles. The normalized spacial score (nSPS) is 30.4. The van der Waals surface area contributed by atoms with Crippen LogP contribution in [0.5, 0.6) is 0 Å². The number of ether oxygens (including phenoxy) is 6. The fourth-order valence-electron chi connectivity index (χ4n) is 9.98. The van der Waals surface area contributed by atoms with Gasteiger partial charge in [0, 0.05) is 6.42 Å². The first kappa shape index (κ1) is 71.8. The standard InChI is InChI=1S/C61H107NO18/c1-3-5-7-9-11-13-15-17-19-21-22-23-25-27-29-31-33-35-37-39-49(67)62-44(45(66)38-36-34-32-30-28-26-24-20-18-16-14-12-10-8-6-4-2)43-75-59-55(73)52(70)57(47(41-64)77-59)80-61-56(74)53(71)58(48(42-65)78-61)79-60-54(72)51(69)50(68)46(40-63)76-60/h11,13,17,19,22-23,28,30,36,38,44-48,50-61,63-66,68-74H,3-10,12,14-16,18,20-21,24-27,29,31-35,37,39-43H2,1-2H3,(H,62,67)/b13-11-,19-17-,23-22-,30-28+,38-36+. The van der Waals surface area contributed by atoms with E-state index in [0.29, 0.717) is 12.8 Å². The Morgan fingerprint density at radius 2 is 0.838 bits per heavy atom. The number of aliphatic hydroxyl groups excluding tert-OH is 11. The van der Waals surface area contributed by atoms with Crippen molar-refractivity contribution in [2.75, 3.05) is 26.4 Å². The molecule has 80 heavy (non-hydrogen) atoms. The monoisotopic (exact) mass is 1140 g/mol. The van der Waals surface area contributed by atoms with E-state index in [1.165, 1.54) is 77.0 Å². The van der Waals surface area contributed by atoms with Crippen LogP contribution in [0.15, 0.2) is 60.8 Å². The van der Waals surface area contributed by atoms with Crippen molar-refractivity contribution in [3.05, 3.63) is 60.8 Å². The summed E-state index contributed by atoms with van der Waals surface area (Å²) in [5.74, 6) is -0.301. The van der Waals surface area contributed by atoms with E-state index in [1.807, 2.05) is 6.08 Å². The second-order valence-electron chi connectivity index (χ2n) is 21.8. The number of rotatable bonds is 44. The Bertz CT molecular complexity index is 1700. The van der Waals surface area contributed by atoms with Crippen LogP contribution in [-0.2, 0) is 33.2 Å². The largest absolute Gasteiger partial charge is 0.394 e. The first-order valence-corrected chi connectivity index (χ1v) is 30.5. The molecule has 1 amide bonds. The van der Waals surface area contributed by atoms with E-state index in [9.17, 15) is 61.0 Å². The maximum absolute atomic E-state index is 13.3. The third-order valence-electron chi connectivity index (χ3n) is 15.0. The summed E-state index contributed by atoms with van der Waals surface area (Å²) in [5, 5.41) is 120. The molecule has 0 bridgehead atoms. The first-order chi connectivity index (χ1) is 38.8. The smallest absolute Gasteiger partial charge is 0.220 e. The molecule has 3 fully saturated rings. The molecule has 19 nitrogen and oxygen atoms in total. The zero-order valence-corrected chi connectivity index (χ0v) is 48.3. The molecule has 0 radical (unpaired) electrons. The van der Waals surface area contributed by atoms with Crippen molar-refractivity contribution in [2.45, 2.75) is 291 Å². The summed E-state index contributed by atoms with van der Waals surface area (Å²) in [4.78, 5) is 13.3. The third kappa shape index (κ3) is 27.5. The topological polar surface area (TPSA) is 307 Å². The van der Waals surface area contributed by atoms with Gasteiger partial charge >= 0.3 is 0 Å². The number of nitrogens with one attached hydrogen (secondary N) is 1. The molecule has 0 aromatic carbocycles. The fraction of sp³-hybridized carbons (Fsp3) is 0.820. The molecule has 0 saturated carbocycles. The SMILES string of the molecule is CCCCC/C=C\C/C=C\C/C=C\CCCCCCCCC(=O)NC(COC1OC(CO)C(OC2OC(CO)C(OC3OC(CO)C(O)C(O)C3O)C(O)C2O)C(O)C1O)C(O)/C=C/CC/C=C/CCCCCCCCCCCC. The van der Waals surface area contributed by atoms with E-state index >= 15 is 0 Å². The minimum Gasteiger partial charge on any atom is -0.394 e. The average Bonchev–Trinajstić information content (AvgIpc) is 3.50. The summed E-state index contributed by atoms with van der Waals surface area (Å²) in [7, 11) is 0. The van der Waals surface area contributed by atoms with Gasteiger partial charge in [0.1, 0.15) is 73.2 Å². The summed E-state index contributed by atoms with van der Waals surface area (Å²) in [6.45, 7) is 1.65. The first-order valence-electron chi connectivity index (χ1n) is 30.5.